The van der Waals surface area contributed by atoms with Crippen LogP contribution < -0.4 is 4.90 Å². The molecule has 1 aromatic carbocycles. The first-order valence-electron chi connectivity index (χ1n) is 6.99. The van der Waals surface area contributed by atoms with Gasteiger partial charge < -0.3 is 0 Å². The second-order valence-electron chi connectivity index (χ2n) is 5.90. The molecule has 112 valence electrons. The van der Waals surface area contributed by atoms with Crippen LogP contribution in [0.4, 0.5) is 11.4 Å². The van der Waals surface area contributed by atoms with Crippen molar-refractivity contribution in [2.75, 3.05) is 4.90 Å². The van der Waals surface area contributed by atoms with E-state index < -0.39 is 4.92 Å². The molecule has 0 unspecified atom stereocenters. The summed E-state index contributed by atoms with van der Waals surface area (Å²) in [7, 11) is 0. The Bertz CT molecular complexity index is 730. The molecule has 3 aliphatic rings. The van der Waals surface area contributed by atoms with Crippen LogP contribution in [0.1, 0.15) is 6.42 Å². The fourth-order valence-corrected chi connectivity index (χ4v) is 4.12. The van der Waals surface area contributed by atoms with Gasteiger partial charge in [-0.15, -0.1) is 0 Å². The van der Waals surface area contributed by atoms with Gasteiger partial charge in [0.25, 0.3) is 5.69 Å². The highest BCUT2D eigenvalue weighted by molar-refractivity contribution is 6.33. The maximum atomic E-state index is 12.6. The minimum Gasteiger partial charge on any atom is -0.274 e. The number of nitro groups is 1. The number of allylic oxidation sites excluding steroid dienone is 2. The molecular formula is C15H11ClN2O4. The first kappa shape index (κ1) is 13.5. The number of amides is 2. The zero-order valence-electron chi connectivity index (χ0n) is 11.3. The molecule has 0 radical (unpaired) electrons. The van der Waals surface area contributed by atoms with Crippen molar-refractivity contribution < 1.29 is 14.5 Å². The topological polar surface area (TPSA) is 80.5 Å². The summed E-state index contributed by atoms with van der Waals surface area (Å²) < 4.78 is 0. The van der Waals surface area contributed by atoms with Gasteiger partial charge in [0.15, 0.2) is 0 Å². The lowest BCUT2D eigenvalue weighted by molar-refractivity contribution is -0.384. The van der Waals surface area contributed by atoms with Gasteiger partial charge in [-0.2, -0.15) is 0 Å². The number of carbonyl (C=O) groups is 2. The van der Waals surface area contributed by atoms with Crippen molar-refractivity contribution in [1.82, 2.24) is 0 Å². The van der Waals surface area contributed by atoms with Gasteiger partial charge >= 0.3 is 0 Å². The Morgan fingerprint density at radius 3 is 2.27 bits per heavy atom. The molecule has 4 atom stereocenters. The number of rotatable bonds is 2. The van der Waals surface area contributed by atoms with Crippen molar-refractivity contribution in [3.8, 4) is 0 Å². The Balaban J connectivity index is 1.76. The standard InChI is InChI=1S/C15H11ClN2O4/c16-10-4-3-9(6-11(10)18(21)22)17-14(19)12-7-1-2-8(5-7)13(12)15(17)20/h1-4,6-8,12-13H,5H2/t7-,8+,12-,13+. The molecule has 6 nitrogen and oxygen atoms in total. The Morgan fingerprint density at radius 1 is 1.14 bits per heavy atom. The van der Waals surface area contributed by atoms with Gasteiger partial charge in [-0.1, -0.05) is 23.8 Å². The fraction of sp³-hybridized carbons (Fsp3) is 0.333. The summed E-state index contributed by atoms with van der Waals surface area (Å²) in [6.45, 7) is 0. The highest BCUT2D eigenvalue weighted by atomic mass is 35.5. The van der Waals surface area contributed by atoms with Crippen LogP contribution in [0, 0.1) is 33.8 Å². The van der Waals surface area contributed by atoms with E-state index in [0.29, 0.717) is 0 Å². The van der Waals surface area contributed by atoms with E-state index >= 15 is 0 Å². The third kappa shape index (κ3) is 1.61. The van der Waals surface area contributed by atoms with Gasteiger partial charge in [-0.05, 0) is 30.4 Å². The lowest BCUT2D eigenvalue weighted by Crippen LogP contribution is -2.32. The van der Waals surface area contributed by atoms with Crippen LogP contribution in [0.5, 0.6) is 0 Å². The Kier molecular flexibility index (Phi) is 2.69. The number of fused-ring (bicyclic) bond motifs is 5. The minimum atomic E-state index is -0.622. The first-order valence-corrected chi connectivity index (χ1v) is 7.37. The van der Waals surface area contributed by atoms with Crippen LogP contribution in [0.25, 0.3) is 0 Å². The van der Waals surface area contributed by atoms with Crippen molar-refractivity contribution in [1.29, 1.82) is 0 Å². The summed E-state index contributed by atoms with van der Waals surface area (Å²) in [5.74, 6) is -0.945. The average molecular weight is 319 g/mol. The van der Waals surface area contributed by atoms with Crippen molar-refractivity contribution in [3.63, 3.8) is 0 Å². The molecule has 2 bridgehead atoms. The molecule has 7 heteroatoms. The van der Waals surface area contributed by atoms with E-state index in [-0.39, 0.29) is 51.9 Å². The van der Waals surface area contributed by atoms with Crippen LogP contribution in [0.3, 0.4) is 0 Å². The fourth-order valence-electron chi connectivity index (χ4n) is 3.94. The smallest absolute Gasteiger partial charge is 0.274 e. The normalized spacial score (nSPS) is 32.0. The summed E-state index contributed by atoms with van der Waals surface area (Å²) in [5, 5.41) is 11.0. The molecule has 1 saturated carbocycles. The largest absolute Gasteiger partial charge is 0.289 e. The number of nitro benzene ring substituents is 1. The molecule has 22 heavy (non-hydrogen) atoms. The van der Waals surface area contributed by atoms with Crippen molar-refractivity contribution in [2.24, 2.45) is 23.7 Å². The van der Waals surface area contributed by atoms with Crippen LogP contribution in [0.15, 0.2) is 30.4 Å². The second kappa shape index (κ2) is 4.39. The monoisotopic (exact) mass is 318 g/mol. The number of carbonyl (C=O) groups excluding carboxylic acids is 2. The number of hydrogen-bond acceptors (Lipinski definition) is 4. The number of anilines is 1. The predicted molar refractivity (Wildman–Crippen MR) is 78.3 cm³/mol. The second-order valence-corrected chi connectivity index (χ2v) is 6.31. The number of halogens is 1. The number of benzene rings is 1. The summed E-state index contributed by atoms with van der Waals surface area (Å²) in [6.07, 6.45) is 4.86. The predicted octanol–water partition coefficient (Wildman–Crippen LogP) is 2.56. The molecule has 1 aliphatic heterocycles. The van der Waals surface area contributed by atoms with Crippen LogP contribution in [-0.4, -0.2) is 16.7 Å². The summed E-state index contributed by atoms with van der Waals surface area (Å²) in [5.41, 5.74) is -0.0853. The van der Waals surface area contributed by atoms with Crippen molar-refractivity contribution in [3.05, 3.63) is 45.5 Å². The molecule has 1 aromatic rings. The zero-order valence-corrected chi connectivity index (χ0v) is 12.1. The SMILES string of the molecule is O=C1[C@@H]2[C@H](C(=O)N1c1ccc(Cl)c([N+](=O)[O-])c1)[C@@H]1C=C[C@H]2C1. The summed E-state index contributed by atoms with van der Waals surface area (Å²) >= 11 is 5.78. The molecule has 0 N–H and O–H groups in total. The molecule has 0 aromatic heterocycles. The third-order valence-electron chi connectivity index (χ3n) is 4.85. The molecule has 2 aliphatic carbocycles. The summed E-state index contributed by atoms with van der Waals surface area (Å²) in [6, 6.07) is 4.01. The van der Waals surface area contributed by atoms with E-state index in [9.17, 15) is 19.7 Å². The number of hydrogen-bond donors (Lipinski definition) is 0. The highest BCUT2D eigenvalue weighted by Crippen LogP contribution is 2.53. The van der Waals surface area contributed by atoms with E-state index in [2.05, 4.69) is 0 Å². The first-order chi connectivity index (χ1) is 10.5. The van der Waals surface area contributed by atoms with Gasteiger partial charge in [0.1, 0.15) is 5.02 Å². The van der Waals surface area contributed by atoms with E-state index in [1.54, 1.807) is 0 Å². The van der Waals surface area contributed by atoms with Crippen LogP contribution in [0.2, 0.25) is 5.02 Å². The van der Waals surface area contributed by atoms with E-state index in [0.717, 1.165) is 11.3 Å². The van der Waals surface area contributed by atoms with Crippen molar-refractivity contribution in [2.45, 2.75) is 6.42 Å². The van der Waals surface area contributed by atoms with E-state index in [4.69, 9.17) is 11.6 Å². The quantitative estimate of drug-likeness (QED) is 0.363. The number of nitrogens with zero attached hydrogens (tertiary/aromatic N) is 2. The van der Waals surface area contributed by atoms with Gasteiger partial charge in [0.2, 0.25) is 11.8 Å². The highest BCUT2D eigenvalue weighted by Gasteiger charge is 2.59. The Labute approximate surface area is 130 Å². The third-order valence-corrected chi connectivity index (χ3v) is 5.17. The molecular weight excluding hydrogens is 308 g/mol. The Hall–Kier alpha value is -2.21. The van der Waals surface area contributed by atoms with Gasteiger partial charge in [0.05, 0.1) is 22.4 Å². The molecule has 0 spiro atoms. The molecule has 2 fully saturated rings. The van der Waals surface area contributed by atoms with Crippen LogP contribution >= 0.6 is 11.6 Å². The van der Waals surface area contributed by atoms with Gasteiger partial charge in [-0.3, -0.25) is 19.7 Å². The molecule has 2 amide bonds. The minimum absolute atomic E-state index is 0.0187. The Morgan fingerprint density at radius 2 is 1.73 bits per heavy atom. The van der Waals surface area contributed by atoms with Crippen LogP contribution in [-0.2, 0) is 9.59 Å². The zero-order chi connectivity index (χ0) is 15.6. The lowest BCUT2D eigenvalue weighted by Gasteiger charge is -2.17. The molecule has 1 heterocycles. The van der Waals surface area contributed by atoms with Gasteiger partial charge in [-0.25, -0.2) is 4.90 Å². The average Bonchev–Trinajstić information content (AvgIpc) is 3.14. The maximum Gasteiger partial charge on any atom is 0.289 e. The van der Waals surface area contributed by atoms with E-state index in [1.165, 1.54) is 18.2 Å². The van der Waals surface area contributed by atoms with Gasteiger partial charge in [0, 0.05) is 6.07 Å². The maximum absolute atomic E-state index is 12.6. The molecule has 1 saturated heterocycles. The number of imide groups is 1. The van der Waals surface area contributed by atoms with E-state index in [1.807, 2.05) is 12.2 Å². The van der Waals surface area contributed by atoms with Crippen molar-refractivity contribution >= 4 is 34.8 Å². The molecule has 4 rings (SSSR count). The summed E-state index contributed by atoms with van der Waals surface area (Å²) in [4.78, 5) is 36.7. The lowest BCUT2D eigenvalue weighted by atomic mass is 9.85.